The third kappa shape index (κ3) is 1.78. The van der Waals surface area contributed by atoms with Crippen molar-refractivity contribution in [2.45, 2.75) is 19.6 Å². The minimum absolute atomic E-state index is 0.143. The van der Waals surface area contributed by atoms with Crippen LogP contribution < -0.4 is 5.69 Å². The Morgan fingerprint density at radius 1 is 1.59 bits per heavy atom. The lowest BCUT2D eigenvalue weighted by molar-refractivity contribution is 0.369. The topological polar surface area (TPSA) is 70.2 Å². The molecule has 1 atom stereocenters. The fourth-order valence-corrected chi connectivity index (χ4v) is 1.82. The Hall–Kier alpha value is -1.89. The van der Waals surface area contributed by atoms with Crippen molar-refractivity contribution in [3.05, 3.63) is 28.7 Å². The van der Waals surface area contributed by atoms with E-state index in [1.54, 1.807) is 28.6 Å². The maximum atomic E-state index is 12.1. The predicted octanol–water partition coefficient (Wildman–Crippen LogP) is -0.525. The number of ether oxygens (including phenoxy) is 1. The van der Waals surface area contributed by atoms with Crippen LogP contribution in [-0.2, 0) is 18.3 Å². The van der Waals surface area contributed by atoms with E-state index < -0.39 is 0 Å². The van der Waals surface area contributed by atoms with Crippen LogP contribution in [0.2, 0.25) is 0 Å². The van der Waals surface area contributed by atoms with Gasteiger partial charge in [0.15, 0.2) is 0 Å². The number of epoxide rings is 1. The van der Waals surface area contributed by atoms with E-state index in [0.29, 0.717) is 19.0 Å². The molecule has 0 unspecified atom stereocenters. The third-order valence-electron chi connectivity index (χ3n) is 2.73. The van der Waals surface area contributed by atoms with Crippen molar-refractivity contribution in [2.24, 2.45) is 7.05 Å². The van der Waals surface area contributed by atoms with Gasteiger partial charge in [0.25, 0.3) is 0 Å². The largest absolute Gasteiger partial charge is 0.371 e. The van der Waals surface area contributed by atoms with Gasteiger partial charge in [0.2, 0.25) is 0 Å². The normalized spacial score (nSPS) is 18.6. The van der Waals surface area contributed by atoms with E-state index in [2.05, 4.69) is 10.2 Å². The average Bonchev–Trinajstić information content (AvgIpc) is 2.92. The Morgan fingerprint density at radius 3 is 2.94 bits per heavy atom. The van der Waals surface area contributed by atoms with Crippen molar-refractivity contribution in [2.75, 3.05) is 6.61 Å². The van der Waals surface area contributed by atoms with Crippen LogP contribution >= 0.6 is 0 Å². The zero-order valence-electron chi connectivity index (χ0n) is 9.70. The lowest BCUT2D eigenvalue weighted by Crippen LogP contribution is -2.25. The highest BCUT2D eigenvalue weighted by Gasteiger charge is 2.25. The summed E-state index contributed by atoms with van der Waals surface area (Å²) in [5, 5.41) is 8.28. The monoisotopic (exact) mass is 235 g/mol. The summed E-state index contributed by atoms with van der Waals surface area (Å²) in [5.74, 6) is 0.656. The summed E-state index contributed by atoms with van der Waals surface area (Å²) < 4.78 is 9.75. The molecule has 1 fully saturated rings. The molecule has 0 saturated carbocycles. The number of rotatable bonds is 3. The molecule has 90 valence electrons. The smallest absolute Gasteiger partial charge is 0.350 e. The van der Waals surface area contributed by atoms with Gasteiger partial charge in [0.1, 0.15) is 11.9 Å². The van der Waals surface area contributed by atoms with E-state index in [-0.39, 0.29) is 11.8 Å². The number of nitrogens with zero attached hydrogens (tertiary/aromatic N) is 5. The van der Waals surface area contributed by atoms with E-state index in [0.717, 1.165) is 5.69 Å². The van der Waals surface area contributed by atoms with Crippen molar-refractivity contribution in [1.29, 1.82) is 0 Å². The maximum absolute atomic E-state index is 12.1. The Bertz CT molecular complexity index is 604. The minimum Gasteiger partial charge on any atom is -0.371 e. The highest BCUT2D eigenvalue weighted by atomic mass is 16.6. The summed E-state index contributed by atoms with van der Waals surface area (Å²) in [5.41, 5.74) is 0.587. The van der Waals surface area contributed by atoms with E-state index in [1.165, 1.54) is 4.68 Å². The van der Waals surface area contributed by atoms with E-state index in [4.69, 9.17) is 4.74 Å². The van der Waals surface area contributed by atoms with Gasteiger partial charge in [-0.2, -0.15) is 10.2 Å². The van der Waals surface area contributed by atoms with E-state index >= 15 is 0 Å². The predicted molar refractivity (Wildman–Crippen MR) is 59.1 cm³/mol. The summed E-state index contributed by atoms with van der Waals surface area (Å²) in [6.07, 6.45) is 3.58. The number of aromatic nitrogens is 5. The maximum Gasteiger partial charge on any atom is 0.350 e. The molecule has 0 bridgehead atoms. The zero-order chi connectivity index (χ0) is 12.0. The van der Waals surface area contributed by atoms with Gasteiger partial charge in [-0.15, -0.1) is 0 Å². The second kappa shape index (κ2) is 3.56. The van der Waals surface area contributed by atoms with Crippen molar-refractivity contribution in [3.63, 3.8) is 0 Å². The Kier molecular flexibility index (Phi) is 2.15. The van der Waals surface area contributed by atoms with Gasteiger partial charge in [-0.1, -0.05) is 0 Å². The summed E-state index contributed by atoms with van der Waals surface area (Å²) in [7, 11) is 1.81. The summed E-state index contributed by atoms with van der Waals surface area (Å²) >= 11 is 0. The molecule has 1 aliphatic rings. The fourth-order valence-electron chi connectivity index (χ4n) is 1.82. The molecule has 2 aromatic heterocycles. The molecular formula is C10H13N5O2. The van der Waals surface area contributed by atoms with Crippen molar-refractivity contribution >= 4 is 0 Å². The SMILES string of the molecule is Cc1nn(C[C@H]2CO2)c(=O)n1-c1cnn(C)c1. The quantitative estimate of drug-likeness (QED) is 0.671. The number of hydrogen-bond donors (Lipinski definition) is 0. The molecule has 1 saturated heterocycles. The second-order valence-electron chi connectivity index (χ2n) is 4.17. The number of hydrogen-bond acceptors (Lipinski definition) is 4. The average molecular weight is 235 g/mol. The molecule has 2 aromatic rings. The molecule has 0 N–H and O–H groups in total. The summed E-state index contributed by atoms with van der Waals surface area (Å²) in [6, 6.07) is 0. The molecule has 0 aliphatic carbocycles. The summed E-state index contributed by atoms with van der Waals surface area (Å²) in [4.78, 5) is 12.1. The number of aryl methyl sites for hydroxylation is 2. The van der Waals surface area contributed by atoms with Gasteiger partial charge in [0, 0.05) is 13.2 Å². The summed E-state index contributed by atoms with van der Waals surface area (Å²) in [6.45, 7) is 3.04. The molecule has 3 heterocycles. The fraction of sp³-hybridized carbons (Fsp3) is 0.500. The standard InChI is InChI=1S/C10H13N5O2/c1-7-12-14(5-9-6-17-9)10(16)15(7)8-3-11-13(2)4-8/h3-4,9H,5-6H2,1-2H3/t9-/m0/s1. The molecule has 7 nitrogen and oxygen atoms in total. The first-order chi connectivity index (χ1) is 8.15. The Labute approximate surface area is 97.2 Å². The van der Waals surface area contributed by atoms with Crippen molar-refractivity contribution < 1.29 is 4.74 Å². The lowest BCUT2D eigenvalue weighted by Gasteiger charge is -1.96. The first kappa shape index (κ1) is 10.3. The van der Waals surface area contributed by atoms with E-state index in [1.807, 2.05) is 7.05 Å². The van der Waals surface area contributed by atoms with Crippen LogP contribution in [0.15, 0.2) is 17.2 Å². The molecule has 0 spiro atoms. The zero-order valence-corrected chi connectivity index (χ0v) is 9.70. The Morgan fingerprint density at radius 2 is 2.35 bits per heavy atom. The van der Waals surface area contributed by atoms with Crippen LogP contribution in [0.4, 0.5) is 0 Å². The molecule has 0 radical (unpaired) electrons. The molecule has 1 aliphatic heterocycles. The van der Waals surface area contributed by atoms with Gasteiger partial charge in [-0.3, -0.25) is 4.68 Å². The second-order valence-corrected chi connectivity index (χ2v) is 4.17. The molecule has 3 rings (SSSR count). The van der Waals surface area contributed by atoms with Gasteiger partial charge in [0.05, 0.1) is 25.0 Å². The van der Waals surface area contributed by atoms with Crippen LogP contribution in [0.1, 0.15) is 5.82 Å². The van der Waals surface area contributed by atoms with Crippen molar-refractivity contribution in [1.82, 2.24) is 24.1 Å². The van der Waals surface area contributed by atoms with Crippen molar-refractivity contribution in [3.8, 4) is 5.69 Å². The highest BCUT2D eigenvalue weighted by Crippen LogP contribution is 2.11. The van der Waals surface area contributed by atoms with Crippen LogP contribution in [0.3, 0.4) is 0 Å². The van der Waals surface area contributed by atoms with Gasteiger partial charge >= 0.3 is 5.69 Å². The van der Waals surface area contributed by atoms with Crippen LogP contribution in [0, 0.1) is 6.92 Å². The first-order valence-electron chi connectivity index (χ1n) is 5.42. The molecule has 0 aromatic carbocycles. The lowest BCUT2D eigenvalue weighted by atomic mass is 10.5. The molecule has 17 heavy (non-hydrogen) atoms. The van der Waals surface area contributed by atoms with Crippen LogP contribution in [-0.4, -0.2) is 36.8 Å². The highest BCUT2D eigenvalue weighted by molar-refractivity contribution is 5.26. The third-order valence-corrected chi connectivity index (χ3v) is 2.73. The van der Waals surface area contributed by atoms with Gasteiger partial charge in [-0.05, 0) is 6.92 Å². The first-order valence-corrected chi connectivity index (χ1v) is 5.42. The van der Waals surface area contributed by atoms with Crippen LogP contribution in [0.25, 0.3) is 5.69 Å². The molecule has 0 amide bonds. The van der Waals surface area contributed by atoms with Crippen LogP contribution in [0.5, 0.6) is 0 Å². The van der Waals surface area contributed by atoms with E-state index in [9.17, 15) is 4.79 Å². The Balaban J connectivity index is 2.04. The molecule has 7 heteroatoms. The van der Waals surface area contributed by atoms with Gasteiger partial charge in [-0.25, -0.2) is 14.0 Å². The van der Waals surface area contributed by atoms with Gasteiger partial charge < -0.3 is 4.74 Å². The molecular weight excluding hydrogens is 222 g/mol. The minimum atomic E-state index is -0.147.